The van der Waals surface area contributed by atoms with Crippen LogP contribution < -0.4 is 31.0 Å². The average molecular weight is 628 g/mol. The zero-order valence-electron chi connectivity index (χ0n) is 26.2. The SMILES string of the molecule is CC(C)(C)OC(=O)NC1CCN(c2c(F)cc3c(=O)c(C(=O)NCC4CCCNC4)cn4c3c2Oc2cc3ccccc3cc2-4)C1. The highest BCUT2D eigenvalue weighted by Crippen LogP contribution is 2.48. The molecule has 3 aliphatic heterocycles. The number of benzene rings is 3. The second-order valence-corrected chi connectivity index (χ2v) is 13.4. The summed E-state index contributed by atoms with van der Waals surface area (Å²) in [5.41, 5.74) is -0.0236. The predicted octanol–water partition coefficient (Wildman–Crippen LogP) is 5.22. The van der Waals surface area contributed by atoms with Crippen LogP contribution >= 0.6 is 0 Å². The van der Waals surface area contributed by atoms with Crippen molar-refractivity contribution in [3.05, 3.63) is 70.3 Å². The average Bonchev–Trinajstić information content (AvgIpc) is 3.47. The number of hydrogen-bond donors (Lipinski definition) is 3. The van der Waals surface area contributed by atoms with Gasteiger partial charge in [0.2, 0.25) is 5.43 Å². The Morgan fingerprint density at radius 2 is 1.91 bits per heavy atom. The minimum absolute atomic E-state index is 0.0572. The fourth-order valence-electron chi connectivity index (χ4n) is 6.73. The first-order valence-electron chi connectivity index (χ1n) is 15.9. The van der Waals surface area contributed by atoms with E-state index in [1.165, 1.54) is 6.07 Å². The minimum Gasteiger partial charge on any atom is -0.451 e. The van der Waals surface area contributed by atoms with Crippen LogP contribution in [-0.2, 0) is 4.74 Å². The van der Waals surface area contributed by atoms with Crippen LogP contribution in [0.4, 0.5) is 14.9 Å². The van der Waals surface area contributed by atoms with E-state index in [2.05, 4.69) is 16.0 Å². The molecule has 0 saturated carbocycles. The van der Waals surface area contributed by atoms with Gasteiger partial charge in [-0.25, -0.2) is 9.18 Å². The molecule has 2 atom stereocenters. The number of nitrogens with one attached hydrogen (secondary N) is 3. The van der Waals surface area contributed by atoms with Crippen molar-refractivity contribution in [1.82, 2.24) is 20.5 Å². The number of amides is 2. The summed E-state index contributed by atoms with van der Waals surface area (Å²) in [4.78, 5) is 41.7. The first kappa shape index (κ1) is 30.0. The second kappa shape index (κ2) is 11.6. The van der Waals surface area contributed by atoms with Crippen LogP contribution in [-0.4, -0.2) is 60.9 Å². The molecule has 46 heavy (non-hydrogen) atoms. The summed E-state index contributed by atoms with van der Waals surface area (Å²) in [6, 6.07) is 12.6. The maximum Gasteiger partial charge on any atom is 0.407 e. The van der Waals surface area contributed by atoms with E-state index in [1.807, 2.05) is 41.3 Å². The Morgan fingerprint density at radius 3 is 2.65 bits per heavy atom. The molecule has 3 aromatic carbocycles. The first-order valence-corrected chi connectivity index (χ1v) is 15.9. The number of fused-ring (bicyclic) bond motifs is 3. The maximum absolute atomic E-state index is 16.2. The standard InChI is InChI=1S/C35H38FN5O5/c1-35(2,3)46-34(44)39-23-10-12-40(18-23)30-26(36)15-24-29-32(30)45-28-14-22-9-5-4-8-21(22)13-27(28)41(29)19-25(31(24)42)33(43)38-17-20-7-6-11-37-16-20/h4-5,8-9,13-15,19-20,23,37H,6-7,10-12,16-18H2,1-3H3,(H,38,43)(H,39,44). The van der Waals surface area contributed by atoms with Gasteiger partial charge >= 0.3 is 6.09 Å². The summed E-state index contributed by atoms with van der Waals surface area (Å²) in [6.45, 7) is 8.37. The molecule has 2 unspecified atom stereocenters. The van der Waals surface area contributed by atoms with E-state index in [0.29, 0.717) is 43.0 Å². The predicted molar refractivity (Wildman–Crippen MR) is 175 cm³/mol. The minimum atomic E-state index is -0.644. The van der Waals surface area contributed by atoms with Crippen LogP contribution in [0.3, 0.4) is 0 Å². The molecule has 3 N–H and O–H groups in total. The smallest absolute Gasteiger partial charge is 0.407 e. The molecule has 0 aliphatic carbocycles. The van der Waals surface area contributed by atoms with Crippen molar-refractivity contribution < 1.29 is 23.5 Å². The van der Waals surface area contributed by atoms with Crippen LogP contribution in [0.5, 0.6) is 11.5 Å². The number of rotatable bonds is 5. The summed E-state index contributed by atoms with van der Waals surface area (Å²) < 4.78 is 29.9. The molecule has 4 heterocycles. The third-order valence-corrected chi connectivity index (χ3v) is 8.89. The van der Waals surface area contributed by atoms with Crippen molar-refractivity contribution >= 4 is 39.4 Å². The van der Waals surface area contributed by atoms with E-state index in [1.54, 1.807) is 31.5 Å². The molecule has 1 aromatic heterocycles. The zero-order chi connectivity index (χ0) is 32.2. The maximum atomic E-state index is 16.2. The molecule has 0 spiro atoms. The number of hydrogen-bond acceptors (Lipinski definition) is 7. The Balaban J connectivity index is 1.31. The number of aromatic nitrogens is 1. The lowest BCUT2D eigenvalue weighted by molar-refractivity contribution is 0.0508. The van der Waals surface area contributed by atoms with Crippen molar-refractivity contribution in [1.29, 1.82) is 0 Å². The fraction of sp³-hybridized carbons (Fsp3) is 0.400. The number of carbonyl (C=O) groups is 2. The number of carbonyl (C=O) groups excluding carboxylic acids is 2. The lowest BCUT2D eigenvalue weighted by Crippen LogP contribution is -2.40. The van der Waals surface area contributed by atoms with Crippen LogP contribution in [0.1, 0.15) is 50.4 Å². The highest BCUT2D eigenvalue weighted by molar-refractivity contribution is 6.02. The van der Waals surface area contributed by atoms with Crippen molar-refractivity contribution in [3.8, 4) is 17.2 Å². The highest BCUT2D eigenvalue weighted by Gasteiger charge is 2.34. The number of anilines is 1. The Labute approximate surface area is 265 Å². The van der Waals surface area contributed by atoms with E-state index >= 15 is 4.39 Å². The number of ether oxygens (including phenoxy) is 2. The Bertz CT molecular complexity index is 1930. The van der Waals surface area contributed by atoms with Crippen LogP contribution in [0.2, 0.25) is 0 Å². The van der Waals surface area contributed by atoms with E-state index in [4.69, 9.17) is 9.47 Å². The summed E-state index contributed by atoms with van der Waals surface area (Å²) in [7, 11) is 0. The van der Waals surface area contributed by atoms with E-state index in [-0.39, 0.29) is 34.3 Å². The molecular formula is C35H38FN5O5. The molecular weight excluding hydrogens is 589 g/mol. The van der Waals surface area contributed by atoms with Gasteiger partial charge < -0.3 is 34.9 Å². The van der Waals surface area contributed by atoms with Gasteiger partial charge in [0.25, 0.3) is 5.91 Å². The van der Waals surface area contributed by atoms with Gasteiger partial charge in [-0.2, -0.15) is 0 Å². The zero-order valence-corrected chi connectivity index (χ0v) is 26.2. The quantitative estimate of drug-likeness (QED) is 0.245. The molecule has 7 rings (SSSR count). The van der Waals surface area contributed by atoms with E-state index in [9.17, 15) is 14.4 Å². The number of halogens is 1. The van der Waals surface area contributed by atoms with Crippen LogP contribution in [0.15, 0.2) is 53.5 Å². The molecule has 0 radical (unpaired) electrons. The number of alkyl carbamates (subject to hydrolysis) is 1. The summed E-state index contributed by atoms with van der Waals surface area (Å²) in [5, 5.41) is 11.1. The molecule has 2 saturated heterocycles. The fourth-order valence-corrected chi connectivity index (χ4v) is 6.73. The van der Waals surface area contributed by atoms with Crippen molar-refractivity contribution in [3.63, 3.8) is 0 Å². The summed E-state index contributed by atoms with van der Waals surface area (Å²) in [6.07, 6.45) is 3.62. The Kier molecular flexibility index (Phi) is 7.59. The van der Waals surface area contributed by atoms with Crippen molar-refractivity contribution in [2.45, 2.75) is 51.7 Å². The molecule has 2 fully saturated rings. The molecule has 10 nitrogen and oxygen atoms in total. The van der Waals surface area contributed by atoms with E-state index < -0.39 is 28.8 Å². The topological polar surface area (TPSA) is 114 Å². The normalized spacial score (nSPS) is 19.1. The monoisotopic (exact) mass is 627 g/mol. The molecule has 2 amide bonds. The third kappa shape index (κ3) is 5.64. The molecule has 240 valence electrons. The number of pyridine rings is 1. The Morgan fingerprint density at radius 1 is 1.13 bits per heavy atom. The van der Waals surface area contributed by atoms with E-state index in [0.717, 1.165) is 36.7 Å². The second-order valence-electron chi connectivity index (χ2n) is 13.4. The molecule has 0 bridgehead atoms. The third-order valence-electron chi connectivity index (χ3n) is 8.89. The van der Waals surface area contributed by atoms with Crippen molar-refractivity contribution in [2.75, 3.05) is 37.6 Å². The number of piperidine rings is 1. The molecule has 4 aromatic rings. The summed E-state index contributed by atoms with van der Waals surface area (Å²) >= 11 is 0. The van der Waals surface area contributed by atoms with Gasteiger partial charge in [0.1, 0.15) is 22.4 Å². The van der Waals surface area contributed by atoms with Gasteiger partial charge in [-0.05, 0) is 88.0 Å². The molecule has 3 aliphatic rings. The highest BCUT2D eigenvalue weighted by atomic mass is 19.1. The van der Waals surface area contributed by atoms with Gasteiger partial charge in [0.15, 0.2) is 17.3 Å². The van der Waals surface area contributed by atoms with Gasteiger partial charge in [-0.15, -0.1) is 0 Å². The molecule has 11 heteroatoms. The summed E-state index contributed by atoms with van der Waals surface area (Å²) in [5.74, 6) is -0.172. The Hall–Kier alpha value is -4.64. The van der Waals surface area contributed by atoms with Gasteiger partial charge in [0, 0.05) is 25.8 Å². The largest absolute Gasteiger partial charge is 0.451 e. The number of nitrogens with zero attached hydrogens (tertiary/aromatic N) is 2. The van der Waals surface area contributed by atoms with Crippen LogP contribution in [0.25, 0.3) is 27.4 Å². The van der Waals surface area contributed by atoms with Crippen LogP contribution in [0, 0.1) is 11.7 Å². The van der Waals surface area contributed by atoms with Gasteiger partial charge in [-0.1, -0.05) is 24.3 Å². The van der Waals surface area contributed by atoms with Gasteiger partial charge in [-0.3, -0.25) is 9.59 Å². The lowest BCUT2D eigenvalue weighted by atomic mass is 9.99. The lowest BCUT2D eigenvalue weighted by Gasteiger charge is -2.29. The van der Waals surface area contributed by atoms with Crippen molar-refractivity contribution in [2.24, 2.45) is 5.92 Å². The first-order chi connectivity index (χ1) is 22.1. The van der Waals surface area contributed by atoms with Gasteiger partial charge in [0.05, 0.1) is 17.1 Å².